The van der Waals surface area contributed by atoms with E-state index in [1.165, 1.54) is 223 Å². The van der Waals surface area contributed by atoms with Crippen LogP contribution in [-0.4, -0.2) is 31.7 Å². The van der Waals surface area contributed by atoms with Gasteiger partial charge in [0.2, 0.25) is 0 Å². The van der Waals surface area contributed by atoms with E-state index in [0.717, 1.165) is 0 Å². The zero-order chi connectivity index (χ0) is 30.5. The second-order valence-electron chi connectivity index (χ2n) is 14.0. The third kappa shape index (κ3) is 42.8. The van der Waals surface area contributed by atoms with E-state index in [0.29, 0.717) is 0 Å². The molecule has 0 aromatic rings. The Labute approximate surface area is 283 Å². The molecule has 0 atom stereocenters. The molecule has 0 spiro atoms. The SMILES string of the molecule is CCCCCCCCCCCCCCCCCC[N+](C)(C)CCCCCCCCCCCCCCCCCC.Cl.NBr. The van der Waals surface area contributed by atoms with E-state index >= 15 is 0 Å². The molecule has 0 aromatic carbocycles. The average molecular weight is 683 g/mol. The topological polar surface area (TPSA) is 26.0 Å². The first-order chi connectivity index (χ1) is 20.1. The van der Waals surface area contributed by atoms with Crippen molar-refractivity contribution in [1.29, 1.82) is 0 Å². The minimum Gasteiger partial charge on any atom is -0.328 e. The molecule has 0 fully saturated rings. The fraction of sp³-hybridized carbons (Fsp3) is 1.00. The lowest BCUT2D eigenvalue weighted by Gasteiger charge is -2.30. The summed E-state index contributed by atoms with van der Waals surface area (Å²) in [5.74, 6) is 0. The highest BCUT2D eigenvalue weighted by atomic mass is 79.9. The van der Waals surface area contributed by atoms with E-state index in [-0.39, 0.29) is 12.4 Å². The van der Waals surface area contributed by atoms with Gasteiger partial charge in [-0.05, 0) is 25.7 Å². The van der Waals surface area contributed by atoms with Crippen molar-refractivity contribution in [2.24, 2.45) is 4.76 Å². The number of nitrogens with zero attached hydrogens (tertiary/aromatic N) is 1. The molecule has 0 saturated heterocycles. The summed E-state index contributed by atoms with van der Waals surface area (Å²) < 4.78 is 5.56. The molecular weight excluding hydrogens is 600 g/mol. The Kier molecular flexibility index (Phi) is 46.8. The Morgan fingerprint density at radius 2 is 0.452 bits per heavy atom. The van der Waals surface area contributed by atoms with Crippen LogP contribution in [0.15, 0.2) is 0 Å². The molecule has 0 amide bonds. The van der Waals surface area contributed by atoms with Crippen molar-refractivity contribution in [3.05, 3.63) is 0 Å². The monoisotopic (exact) mass is 682 g/mol. The first-order valence-electron chi connectivity index (χ1n) is 19.2. The molecule has 258 valence electrons. The van der Waals surface area contributed by atoms with Gasteiger partial charge in [-0.15, -0.1) is 12.4 Å². The van der Waals surface area contributed by atoms with Crippen LogP contribution in [0.4, 0.5) is 0 Å². The van der Waals surface area contributed by atoms with Gasteiger partial charge in [0.25, 0.3) is 0 Å². The van der Waals surface area contributed by atoms with Crippen molar-refractivity contribution in [2.45, 2.75) is 219 Å². The fourth-order valence-electron chi connectivity index (χ4n) is 6.29. The normalized spacial score (nSPS) is 11.3. The molecule has 0 bridgehead atoms. The molecule has 0 aliphatic heterocycles. The van der Waals surface area contributed by atoms with Gasteiger partial charge in [0.1, 0.15) is 0 Å². The van der Waals surface area contributed by atoms with Crippen molar-refractivity contribution < 1.29 is 4.48 Å². The zero-order valence-electron chi connectivity index (χ0n) is 29.9. The summed E-state index contributed by atoms with van der Waals surface area (Å²) in [6, 6.07) is 0. The van der Waals surface area contributed by atoms with Crippen LogP contribution in [0.2, 0.25) is 0 Å². The molecule has 0 rings (SSSR count). The largest absolute Gasteiger partial charge is 0.328 e. The van der Waals surface area contributed by atoms with Gasteiger partial charge in [-0.1, -0.05) is 194 Å². The third-order valence-corrected chi connectivity index (χ3v) is 9.23. The Morgan fingerprint density at radius 3 is 0.619 bits per heavy atom. The maximum atomic E-state index is 4.31. The number of quaternary nitrogens is 1. The van der Waals surface area contributed by atoms with Gasteiger partial charge in [0.15, 0.2) is 0 Å². The maximum absolute atomic E-state index is 4.31. The van der Waals surface area contributed by atoms with Crippen LogP contribution in [0.25, 0.3) is 0 Å². The van der Waals surface area contributed by atoms with Gasteiger partial charge in [-0.3, -0.25) is 4.76 Å². The summed E-state index contributed by atoms with van der Waals surface area (Å²) in [7, 11) is 4.94. The molecule has 0 aromatic heterocycles. The highest BCUT2D eigenvalue weighted by Crippen LogP contribution is 2.16. The Bertz CT molecular complexity index is 409. The van der Waals surface area contributed by atoms with Crippen LogP contribution >= 0.6 is 28.6 Å². The van der Waals surface area contributed by atoms with Gasteiger partial charge in [-0.2, -0.15) is 0 Å². The van der Waals surface area contributed by atoms with Gasteiger partial charge in [-0.25, -0.2) is 0 Å². The molecule has 0 aliphatic rings. The quantitative estimate of drug-likeness (QED) is 0.0408. The second-order valence-corrected chi connectivity index (χ2v) is 14.0. The molecule has 0 aliphatic carbocycles. The fourth-order valence-corrected chi connectivity index (χ4v) is 6.29. The second kappa shape index (κ2) is 41.7. The Morgan fingerprint density at radius 1 is 0.310 bits per heavy atom. The summed E-state index contributed by atoms with van der Waals surface area (Å²) in [4.78, 5) is 0. The van der Waals surface area contributed by atoms with Gasteiger partial charge < -0.3 is 4.48 Å². The molecular formula is C38H83BrClN2+. The summed E-state index contributed by atoms with van der Waals surface area (Å²) in [6.45, 7) is 7.39. The van der Waals surface area contributed by atoms with Gasteiger partial charge >= 0.3 is 0 Å². The van der Waals surface area contributed by atoms with Crippen LogP contribution in [0.3, 0.4) is 0 Å². The highest BCUT2D eigenvalue weighted by Gasteiger charge is 2.13. The summed E-state index contributed by atoms with van der Waals surface area (Å²) in [5.41, 5.74) is 0. The number of hydrogen-bond acceptors (Lipinski definition) is 1. The summed E-state index contributed by atoms with van der Waals surface area (Å²) in [6.07, 6.45) is 46.9. The number of nitrogens with two attached hydrogens (primary N) is 1. The van der Waals surface area contributed by atoms with E-state index in [1.54, 1.807) is 0 Å². The molecule has 0 radical (unpaired) electrons. The van der Waals surface area contributed by atoms with Crippen molar-refractivity contribution >= 4 is 28.6 Å². The van der Waals surface area contributed by atoms with Crippen molar-refractivity contribution in [3.63, 3.8) is 0 Å². The van der Waals surface area contributed by atoms with E-state index in [9.17, 15) is 0 Å². The summed E-state index contributed by atoms with van der Waals surface area (Å²) >= 11 is 2.44. The smallest absolute Gasteiger partial charge is 0.0782 e. The van der Waals surface area contributed by atoms with E-state index in [2.05, 4.69) is 48.8 Å². The first kappa shape index (κ1) is 47.1. The van der Waals surface area contributed by atoms with E-state index < -0.39 is 0 Å². The lowest BCUT2D eigenvalue weighted by molar-refractivity contribution is -0.890. The van der Waals surface area contributed by atoms with Gasteiger partial charge in [0, 0.05) is 16.1 Å². The molecule has 42 heavy (non-hydrogen) atoms. The molecule has 2 N–H and O–H groups in total. The molecule has 0 unspecified atom stereocenters. The highest BCUT2D eigenvalue weighted by molar-refractivity contribution is 9.07. The van der Waals surface area contributed by atoms with E-state index in [4.69, 9.17) is 0 Å². The van der Waals surface area contributed by atoms with Crippen LogP contribution in [0, 0.1) is 0 Å². The van der Waals surface area contributed by atoms with Crippen molar-refractivity contribution in [1.82, 2.24) is 0 Å². The summed E-state index contributed by atoms with van der Waals surface area (Å²) in [5, 5.41) is 0. The predicted octanol–water partition coefficient (Wildman–Crippen LogP) is 14.3. The molecule has 2 nitrogen and oxygen atoms in total. The minimum atomic E-state index is 0. The lowest BCUT2D eigenvalue weighted by Crippen LogP contribution is -2.41. The molecule has 4 heteroatoms. The number of hydrogen-bond donors (Lipinski definition) is 1. The average Bonchev–Trinajstić information content (AvgIpc) is 2.97. The predicted molar refractivity (Wildman–Crippen MR) is 201 cm³/mol. The zero-order valence-corrected chi connectivity index (χ0v) is 32.3. The van der Waals surface area contributed by atoms with Crippen molar-refractivity contribution in [2.75, 3.05) is 27.2 Å². The van der Waals surface area contributed by atoms with Crippen LogP contribution in [-0.2, 0) is 0 Å². The van der Waals surface area contributed by atoms with E-state index in [1.807, 2.05) is 0 Å². The number of rotatable bonds is 34. The molecule has 0 saturated carbocycles. The first-order valence-corrected chi connectivity index (χ1v) is 20.1. The maximum Gasteiger partial charge on any atom is 0.0782 e. The third-order valence-electron chi connectivity index (χ3n) is 9.23. The minimum absolute atomic E-state index is 0. The van der Waals surface area contributed by atoms with Crippen LogP contribution in [0.5, 0.6) is 0 Å². The number of halogens is 2. The van der Waals surface area contributed by atoms with Crippen molar-refractivity contribution in [3.8, 4) is 0 Å². The number of unbranched alkanes of at least 4 members (excludes halogenated alkanes) is 30. The Hall–Kier alpha value is 0.690. The lowest BCUT2D eigenvalue weighted by atomic mass is 10.0. The van der Waals surface area contributed by atoms with Gasteiger partial charge in [0.05, 0.1) is 27.2 Å². The standard InChI is InChI=1S/C38H80N.BrH2N.ClH/c1-5-7-9-11-13-15-17-19-21-23-25-27-29-31-33-35-37-39(3,4)38-36-34-32-30-28-26-24-22-20-18-16-14-12-10-8-6-2;1-2;/h5-38H2,1-4H3;2H2;1H/q+1;;. The van der Waals surface area contributed by atoms with Crippen LogP contribution in [0.1, 0.15) is 219 Å². The van der Waals surface area contributed by atoms with Crippen LogP contribution < -0.4 is 4.76 Å². The Balaban J connectivity index is -0.00000495. The molecule has 0 heterocycles.